The van der Waals surface area contributed by atoms with Crippen molar-refractivity contribution < 1.29 is 23.5 Å². The van der Waals surface area contributed by atoms with Crippen molar-refractivity contribution in [2.45, 2.75) is 56.7 Å². The highest BCUT2D eigenvalue weighted by atomic mass is 32.1. The van der Waals surface area contributed by atoms with Crippen molar-refractivity contribution in [2.24, 2.45) is 0 Å². The lowest BCUT2D eigenvalue weighted by molar-refractivity contribution is -0.139. The van der Waals surface area contributed by atoms with E-state index in [1.165, 1.54) is 29.5 Å². The molecule has 2 N–H and O–H groups in total. The second-order valence-electron chi connectivity index (χ2n) is 8.38. The highest BCUT2D eigenvalue weighted by molar-refractivity contribution is 7.10. The molecule has 1 saturated carbocycles. The Morgan fingerprint density at radius 1 is 1.09 bits per heavy atom. The Hall–Kier alpha value is -2.78. The van der Waals surface area contributed by atoms with E-state index in [1.807, 2.05) is 0 Å². The maximum atomic E-state index is 14.9. The summed E-state index contributed by atoms with van der Waals surface area (Å²) in [4.78, 5) is 41.3. The monoisotopic (exact) mass is 473 g/mol. The molecule has 33 heavy (non-hydrogen) atoms. The SMILES string of the molecule is O=C(NC1CCCC1)C(=O)N(c1ccccc1F)[C@H](C(=O)NC[C@H]1CCCO1)c1cccs1. The average molecular weight is 474 g/mol. The number of rotatable bonds is 7. The van der Waals surface area contributed by atoms with Crippen molar-refractivity contribution >= 4 is 34.7 Å². The lowest BCUT2D eigenvalue weighted by atomic mass is 10.1. The minimum absolute atomic E-state index is 0.0857. The predicted molar refractivity (Wildman–Crippen MR) is 123 cm³/mol. The van der Waals surface area contributed by atoms with Crippen LogP contribution in [0.25, 0.3) is 0 Å². The summed E-state index contributed by atoms with van der Waals surface area (Å²) in [6.07, 6.45) is 5.24. The summed E-state index contributed by atoms with van der Waals surface area (Å²) in [6, 6.07) is 7.87. The summed E-state index contributed by atoms with van der Waals surface area (Å²) in [5, 5.41) is 7.38. The topological polar surface area (TPSA) is 87.7 Å². The molecular formula is C24H28FN3O4S. The summed E-state index contributed by atoms with van der Waals surface area (Å²) in [5.41, 5.74) is -0.116. The second-order valence-corrected chi connectivity index (χ2v) is 9.36. The summed E-state index contributed by atoms with van der Waals surface area (Å²) < 4.78 is 20.5. The van der Waals surface area contributed by atoms with Crippen LogP contribution >= 0.6 is 11.3 Å². The molecule has 2 fully saturated rings. The van der Waals surface area contributed by atoms with Crippen LogP contribution in [-0.4, -0.2) is 43.0 Å². The van der Waals surface area contributed by atoms with Crippen molar-refractivity contribution in [3.63, 3.8) is 0 Å². The summed E-state index contributed by atoms with van der Waals surface area (Å²) in [5.74, 6) is -2.97. The fourth-order valence-electron chi connectivity index (χ4n) is 4.38. The van der Waals surface area contributed by atoms with E-state index in [2.05, 4.69) is 10.6 Å². The Kier molecular flexibility index (Phi) is 7.72. The molecule has 1 aromatic carbocycles. The number of benzene rings is 1. The highest BCUT2D eigenvalue weighted by Crippen LogP contribution is 2.32. The number of anilines is 1. The molecule has 3 amide bonds. The van der Waals surface area contributed by atoms with Gasteiger partial charge >= 0.3 is 11.8 Å². The van der Waals surface area contributed by atoms with Gasteiger partial charge in [-0.15, -0.1) is 11.3 Å². The Labute approximate surface area is 196 Å². The van der Waals surface area contributed by atoms with Gasteiger partial charge in [-0.1, -0.05) is 31.0 Å². The molecule has 0 unspecified atom stereocenters. The molecule has 1 saturated heterocycles. The van der Waals surface area contributed by atoms with Crippen molar-refractivity contribution in [3.05, 3.63) is 52.5 Å². The summed E-state index contributed by atoms with van der Waals surface area (Å²) in [7, 11) is 0. The minimum Gasteiger partial charge on any atom is -0.376 e. The molecule has 0 radical (unpaired) electrons. The smallest absolute Gasteiger partial charge is 0.317 e. The van der Waals surface area contributed by atoms with Crippen LogP contribution in [0.3, 0.4) is 0 Å². The van der Waals surface area contributed by atoms with E-state index in [4.69, 9.17) is 4.74 Å². The highest BCUT2D eigenvalue weighted by Gasteiger charge is 2.38. The van der Waals surface area contributed by atoms with Gasteiger partial charge in [-0.3, -0.25) is 19.3 Å². The zero-order valence-electron chi connectivity index (χ0n) is 18.3. The first-order chi connectivity index (χ1) is 16.0. The molecule has 1 aliphatic carbocycles. The maximum absolute atomic E-state index is 14.9. The standard InChI is InChI=1S/C24H28FN3O4S/c25-18-10-3-4-11-19(18)28(24(31)23(30)27-16-7-1-2-8-16)21(20-12-6-14-33-20)22(29)26-15-17-9-5-13-32-17/h3-4,6,10-12,14,16-17,21H,1-2,5,7-9,13,15H2,(H,26,29)(H,27,30)/t17-,21+/m1/s1. The third-order valence-corrected chi connectivity index (χ3v) is 6.99. The van der Waals surface area contributed by atoms with Crippen LogP contribution in [0.1, 0.15) is 49.4 Å². The number of nitrogens with one attached hydrogen (secondary N) is 2. The molecule has 2 atom stereocenters. The number of ether oxygens (including phenoxy) is 1. The molecule has 2 aliphatic rings. The number of hydrogen-bond acceptors (Lipinski definition) is 5. The van der Waals surface area contributed by atoms with E-state index in [-0.39, 0.29) is 24.4 Å². The molecule has 176 valence electrons. The van der Waals surface area contributed by atoms with E-state index >= 15 is 0 Å². The van der Waals surface area contributed by atoms with Crippen LogP contribution < -0.4 is 15.5 Å². The molecule has 7 nitrogen and oxygen atoms in total. The van der Waals surface area contributed by atoms with E-state index in [9.17, 15) is 18.8 Å². The minimum atomic E-state index is -1.19. The lowest BCUT2D eigenvalue weighted by Gasteiger charge is -2.31. The Bertz CT molecular complexity index is 972. The molecule has 0 bridgehead atoms. The van der Waals surface area contributed by atoms with Crippen molar-refractivity contribution in [3.8, 4) is 0 Å². The largest absolute Gasteiger partial charge is 0.376 e. The van der Waals surface area contributed by atoms with Gasteiger partial charge in [0.1, 0.15) is 5.82 Å². The molecule has 2 aromatic rings. The predicted octanol–water partition coefficient (Wildman–Crippen LogP) is 3.32. The van der Waals surface area contributed by atoms with Crippen LogP contribution in [0, 0.1) is 5.82 Å². The van der Waals surface area contributed by atoms with Gasteiger partial charge in [0.25, 0.3) is 0 Å². The molecular weight excluding hydrogens is 445 g/mol. The Morgan fingerprint density at radius 2 is 1.88 bits per heavy atom. The van der Waals surface area contributed by atoms with Gasteiger partial charge in [0.2, 0.25) is 5.91 Å². The van der Waals surface area contributed by atoms with Crippen molar-refractivity contribution in [1.82, 2.24) is 10.6 Å². The van der Waals surface area contributed by atoms with Gasteiger partial charge in [0, 0.05) is 24.1 Å². The Balaban J connectivity index is 1.65. The van der Waals surface area contributed by atoms with E-state index < -0.39 is 29.6 Å². The number of nitrogens with zero attached hydrogens (tertiary/aromatic N) is 1. The number of carbonyl (C=O) groups excluding carboxylic acids is 3. The number of thiophene rings is 1. The van der Waals surface area contributed by atoms with Crippen LogP contribution in [-0.2, 0) is 19.1 Å². The zero-order valence-corrected chi connectivity index (χ0v) is 19.1. The first kappa shape index (κ1) is 23.4. The average Bonchev–Trinajstić information content (AvgIpc) is 3.60. The summed E-state index contributed by atoms with van der Waals surface area (Å²) in [6.45, 7) is 0.935. The third-order valence-electron chi connectivity index (χ3n) is 6.06. The Morgan fingerprint density at radius 3 is 2.55 bits per heavy atom. The number of hydrogen-bond donors (Lipinski definition) is 2. The van der Waals surface area contributed by atoms with Crippen LogP contribution in [0.15, 0.2) is 41.8 Å². The summed E-state index contributed by atoms with van der Waals surface area (Å²) >= 11 is 1.27. The van der Waals surface area contributed by atoms with Gasteiger partial charge in [-0.25, -0.2) is 4.39 Å². The maximum Gasteiger partial charge on any atom is 0.317 e. The van der Waals surface area contributed by atoms with Gasteiger partial charge < -0.3 is 15.4 Å². The van der Waals surface area contributed by atoms with Gasteiger partial charge in [0.05, 0.1) is 11.8 Å². The van der Waals surface area contributed by atoms with Crippen LogP contribution in [0.5, 0.6) is 0 Å². The van der Waals surface area contributed by atoms with Gasteiger partial charge in [0.15, 0.2) is 6.04 Å². The fourth-order valence-corrected chi connectivity index (χ4v) is 5.19. The number of halogens is 1. The van der Waals surface area contributed by atoms with Crippen molar-refractivity contribution in [2.75, 3.05) is 18.1 Å². The lowest BCUT2D eigenvalue weighted by Crippen LogP contribution is -2.51. The van der Waals surface area contributed by atoms with Gasteiger partial charge in [-0.05, 0) is 49.3 Å². The van der Waals surface area contributed by atoms with E-state index in [0.29, 0.717) is 11.5 Å². The van der Waals surface area contributed by atoms with E-state index in [0.717, 1.165) is 43.4 Å². The molecule has 2 heterocycles. The zero-order chi connectivity index (χ0) is 23.2. The first-order valence-electron chi connectivity index (χ1n) is 11.4. The number of para-hydroxylation sites is 1. The molecule has 1 aromatic heterocycles. The van der Waals surface area contributed by atoms with Crippen molar-refractivity contribution in [1.29, 1.82) is 0 Å². The van der Waals surface area contributed by atoms with Crippen LogP contribution in [0.4, 0.5) is 10.1 Å². The first-order valence-corrected chi connectivity index (χ1v) is 12.2. The van der Waals surface area contributed by atoms with Crippen LogP contribution in [0.2, 0.25) is 0 Å². The molecule has 4 rings (SSSR count). The van der Waals surface area contributed by atoms with Gasteiger partial charge in [-0.2, -0.15) is 0 Å². The molecule has 9 heteroatoms. The number of amides is 3. The molecule has 0 spiro atoms. The second kappa shape index (κ2) is 10.9. The normalized spacial score (nSPS) is 19.2. The third kappa shape index (κ3) is 5.59. The molecule has 1 aliphatic heterocycles. The number of carbonyl (C=O) groups is 3. The quantitative estimate of drug-likeness (QED) is 0.604. The fraction of sp³-hybridized carbons (Fsp3) is 0.458. The van der Waals surface area contributed by atoms with E-state index in [1.54, 1.807) is 23.6 Å².